The molecule has 1 aliphatic heterocycles. The van der Waals surface area contributed by atoms with Gasteiger partial charge in [-0.3, -0.25) is 0 Å². The lowest BCUT2D eigenvalue weighted by atomic mass is 10.1. The average Bonchev–Trinajstić information content (AvgIpc) is 2.75. The number of nitrogens with zero attached hydrogens (tertiary/aromatic N) is 2. The summed E-state index contributed by atoms with van der Waals surface area (Å²) in [5, 5.41) is 0. The van der Waals surface area contributed by atoms with E-state index >= 15 is 0 Å². The lowest BCUT2D eigenvalue weighted by molar-refractivity contribution is 0.314. The SMILES string of the molecule is CN(CC1CCCN1C)c1cc(Br)ccc1CN. The zero-order chi connectivity index (χ0) is 13.1. The highest BCUT2D eigenvalue weighted by molar-refractivity contribution is 9.10. The van der Waals surface area contributed by atoms with Crippen LogP contribution in [-0.2, 0) is 6.54 Å². The molecule has 0 bridgehead atoms. The number of likely N-dealkylation sites (tertiary alicyclic amines) is 1. The van der Waals surface area contributed by atoms with E-state index in [2.05, 4.69) is 58.0 Å². The monoisotopic (exact) mass is 311 g/mol. The van der Waals surface area contributed by atoms with Gasteiger partial charge in [-0.1, -0.05) is 22.0 Å². The van der Waals surface area contributed by atoms with E-state index in [4.69, 9.17) is 5.73 Å². The Morgan fingerprint density at radius 1 is 1.50 bits per heavy atom. The first-order valence-corrected chi connectivity index (χ1v) is 7.31. The molecule has 1 aliphatic rings. The minimum atomic E-state index is 0.591. The van der Waals surface area contributed by atoms with Crippen LogP contribution in [0.1, 0.15) is 18.4 Å². The molecule has 18 heavy (non-hydrogen) atoms. The molecule has 1 aromatic rings. The van der Waals surface area contributed by atoms with Gasteiger partial charge < -0.3 is 15.5 Å². The minimum absolute atomic E-state index is 0.591. The number of halogens is 1. The van der Waals surface area contributed by atoms with E-state index in [0.717, 1.165) is 11.0 Å². The maximum absolute atomic E-state index is 5.82. The molecule has 0 spiro atoms. The Bertz CT molecular complexity index is 408. The second-order valence-corrected chi connectivity index (χ2v) is 6.05. The van der Waals surface area contributed by atoms with Crippen LogP contribution in [0.2, 0.25) is 0 Å². The Morgan fingerprint density at radius 2 is 2.28 bits per heavy atom. The first kappa shape index (κ1) is 13.8. The standard InChI is InChI=1S/C14H22BrN3/c1-17-7-3-4-13(17)10-18(2)14-8-12(15)6-5-11(14)9-16/h5-6,8,13H,3-4,7,9-10,16H2,1-2H3. The lowest BCUT2D eigenvalue weighted by Gasteiger charge is -2.28. The third-order valence-electron chi connectivity index (χ3n) is 3.83. The van der Waals surface area contributed by atoms with Crippen LogP contribution in [0.3, 0.4) is 0 Å². The number of benzene rings is 1. The van der Waals surface area contributed by atoms with E-state index in [1.165, 1.54) is 30.6 Å². The molecule has 1 atom stereocenters. The molecule has 100 valence electrons. The van der Waals surface area contributed by atoms with Gasteiger partial charge in [0.1, 0.15) is 0 Å². The van der Waals surface area contributed by atoms with Gasteiger partial charge in [0.2, 0.25) is 0 Å². The van der Waals surface area contributed by atoms with Gasteiger partial charge in [0, 0.05) is 36.3 Å². The summed E-state index contributed by atoms with van der Waals surface area (Å²) in [6.07, 6.45) is 2.62. The van der Waals surface area contributed by atoms with Gasteiger partial charge >= 0.3 is 0 Å². The number of anilines is 1. The number of hydrogen-bond donors (Lipinski definition) is 1. The molecule has 4 heteroatoms. The van der Waals surface area contributed by atoms with E-state index in [1.807, 2.05) is 0 Å². The third kappa shape index (κ3) is 3.05. The van der Waals surface area contributed by atoms with Gasteiger partial charge in [-0.05, 0) is 44.1 Å². The number of likely N-dealkylation sites (N-methyl/N-ethyl adjacent to an activating group) is 2. The van der Waals surface area contributed by atoms with E-state index in [0.29, 0.717) is 12.6 Å². The van der Waals surface area contributed by atoms with Crippen LogP contribution in [0.15, 0.2) is 22.7 Å². The van der Waals surface area contributed by atoms with Crippen molar-refractivity contribution in [3.8, 4) is 0 Å². The summed E-state index contributed by atoms with van der Waals surface area (Å²) in [6, 6.07) is 6.99. The third-order valence-corrected chi connectivity index (χ3v) is 4.33. The fraction of sp³-hybridized carbons (Fsp3) is 0.571. The lowest BCUT2D eigenvalue weighted by Crippen LogP contribution is -2.37. The molecule has 0 saturated carbocycles. The predicted molar refractivity (Wildman–Crippen MR) is 81.0 cm³/mol. The zero-order valence-corrected chi connectivity index (χ0v) is 12.8. The van der Waals surface area contributed by atoms with Crippen LogP contribution >= 0.6 is 15.9 Å². The molecule has 0 aliphatic carbocycles. The molecule has 0 aromatic heterocycles. The highest BCUT2D eigenvalue weighted by Crippen LogP contribution is 2.26. The average molecular weight is 312 g/mol. The second-order valence-electron chi connectivity index (χ2n) is 5.13. The van der Waals surface area contributed by atoms with E-state index in [1.54, 1.807) is 0 Å². The second kappa shape index (κ2) is 6.04. The Hall–Kier alpha value is -0.580. The van der Waals surface area contributed by atoms with Crippen molar-refractivity contribution in [2.75, 3.05) is 32.1 Å². The summed E-state index contributed by atoms with van der Waals surface area (Å²) in [6.45, 7) is 2.88. The Balaban J connectivity index is 2.12. The largest absolute Gasteiger partial charge is 0.373 e. The molecule has 1 aromatic carbocycles. The molecule has 1 heterocycles. The maximum Gasteiger partial charge on any atom is 0.0421 e. The maximum atomic E-state index is 5.82. The molecule has 2 rings (SSSR count). The van der Waals surface area contributed by atoms with Crippen molar-refractivity contribution in [1.82, 2.24) is 4.90 Å². The van der Waals surface area contributed by atoms with Crippen LogP contribution in [0.4, 0.5) is 5.69 Å². The van der Waals surface area contributed by atoms with Gasteiger partial charge in [0.15, 0.2) is 0 Å². The molecule has 1 fully saturated rings. The van der Waals surface area contributed by atoms with Crippen LogP contribution in [-0.4, -0.2) is 38.1 Å². The fourth-order valence-corrected chi connectivity index (χ4v) is 3.04. The number of rotatable bonds is 4. The Labute approximate surface area is 118 Å². The summed E-state index contributed by atoms with van der Waals surface area (Å²) < 4.78 is 1.11. The van der Waals surface area contributed by atoms with Crippen molar-refractivity contribution in [2.45, 2.75) is 25.4 Å². The fourth-order valence-electron chi connectivity index (χ4n) is 2.69. The van der Waals surface area contributed by atoms with Crippen molar-refractivity contribution >= 4 is 21.6 Å². The first-order valence-electron chi connectivity index (χ1n) is 6.51. The molecular formula is C14H22BrN3. The van der Waals surface area contributed by atoms with Crippen LogP contribution in [0.25, 0.3) is 0 Å². The highest BCUT2D eigenvalue weighted by atomic mass is 79.9. The van der Waals surface area contributed by atoms with Crippen molar-refractivity contribution in [3.05, 3.63) is 28.2 Å². The molecule has 0 amide bonds. The molecule has 1 unspecified atom stereocenters. The quantitative estimate of drug-likeness (QED) is 0.927. The summed E-state index contributed by atoms with van der Waals surface area (Å²) in [7, 11) is 4.38. The molecule has 0 radical (unpaired) electrons. The van der Waals surface area contributed by atoms with Gasteiger partial charge in [-0.25, -0.2) is 0 Å². The van der Waals surface area contributed by atoms with Gasteiger partial charge in [-0.2, -0.15) is 0 Å². The summed E-state index contributed by atoms with van der Waals surface area (Å²) >= 11 is 3.54. The first-order chi connectivity index (χ1) is 8.61. The summed E-state index contributed by atoms with van der Waals surface area (Å²) in [5.41, 5.74) is 8.27. The van der Waals surface area contributed by atoms with Crippen molar-refractivity contribution in [2.24, 2.45) is 5.73 Å². The van der Waals surface area contributed by atoms with Crippen LogP contribution in [0.5, 0.6) is 0 Å². The van der Waals surface area contributed by atoms with Crippen molar-refractivity contribution in [3.63, 3.8) is 0 Å². The van der Waals surface area contributed by atoms with Gasteiger partial charge in [0.25, 0.3) is 0 Å². The van der Waals surface area contributed by atoms with E-state index in [9.17, 15) is 0 Å². The van der Waals surface area contributed by atoms with E-state index < -0.39 is 0 Å². The van der Waals surface area contributed by atoms with E-state index in [-0.39, 0.29) is 0 Å². The highest BCUT2D eigenvalue weighted by Gasteiger charge is 2.22. The number of nitrogens with two attached hydrogens (primary N) is 1. The Kier molecular flexibility index (Phi) is 4.65. The minimum Gasteiger partial charge on any atom is -0.373 e. The zero-order valence-electron chi connectivity index (χ0n) is 11.2. The van der Waals surface area contributed by atoms with Crippen LogP contribution < -0.4 is 10.6 Å². The normalized spacial score (nSPS) is 20.3. The molecule has 3 nitrogen and oxygen atoms in total. The molecule has 1 saturated heterocycles. The van der Waals surface area contributed by atoms with Gasteiger partial charge in [0.05, 0.1) is 0 Å². The van der Waals surface area contributed by atoms with Gasteiger partial charge in [-0.15, -0.1) is 0 Å². The van der Waals surface area contributed by atoms with Crippen molar-refractivity contribution < 1.29 is 0 Å². The summed E-state index contributed by atoms with van der Waals surface area (Å²) in [4.78, 5) is 4.79. The summed E-state index contributed by atoms with van der Waals surface area (Å²) in [5.74, 6) is 0. The molecule has 2 N–H and O–H groups in total. The predicted octanol–water partition coefficient (Wildman–Crippen LogP) is 2.44. The number of hydrogen-bond acceptors (Lipinski definition) is 3. The Morgan fingerprint density at radius 3 is 2.89 bits per heavy atom. The topological polar surface area (TPSA) is 32.5 Å². The van der Waals surface area contributed by atoms with Crippen molar-refractivity contribution in [1.29, 1.82) is 0 Å². The smallest absolute Gasteiger partial charge is 0.0421 e. The van der Waals surface area contributed by atoms with Crippen LogP contribution in [0, 0.1) is 0 Å². The molecular weight excluding hydrogens is 290 g/mol.